The monoisotopic (exact) mass is 260 g/mol. The Labute approximate surface area is 113 Å². The van der Waals surface area contributed by atoms with E-state index in [0.717, 1.165) is 11.8 Å². The normalized spacial score (nSPS) is 31.6. The quantitative estimate of drug-likeness (QED) is 0.840. The molecule has 2 unspecified atom stereocenters. The highest BCUT2D eigenvalue weighted by Crippen LogP contribution is 2.30. The van der Waals surface area contributed by atoms with Gasteiger partial charge in [0.05, 0.1) is 0 Å². The van der Waals surface area contributed by atoms with Crippen LogP contribution >= 0.6 is 12.4 Å². The first-order chi connectivity index (χ1) is 7.84. The number of hydrogen-bond acceptors (Lipinski definition) is 2. The second kappa shape index (κ2) is 8.34. The highest BCUT2D eigenvalue weighted by atomic mass is 35.5. The summed E-state index contributed by atoms with van der Waals surface area (Å²) in [4.78, 5) is 2.67. The first-order valence-corrected chi connectivity index (χ1v) is 7.27. The minimum Gasteiger partial charge on any atom is -0.315 e. The zero-order valence-electron chi connectivity index (χ0n) is 11.3. The van der Waals surface area contributed by atoms with Crippen molar-refractivity contribution >= 4 is 12.4 Å². The molecule has 1 heterocycles. The summed E-state index contributed by atoms with van der Waals surface area (Å²) in [6, 6.07) is 0. The van der Waals surface area contributed by atoms with Crippen molar-refractivity contribution in [2.45, 2.75) is 45.4 Å². The van der Waals surface area contributed by atoms with E-state index in [1.807, 2.05) is 0 Å². The van der Waals surface area contributed by atoms with Gasteiger partial charge in [-0.2, -0.15) is 0 Å². The van der Waals surface area contributed by atoms with Crippen molar-refractivity contribution in [3.8, 4) is 0 Å². The van der Waals surface area contributed by atoms with E-state index in [4.69, 9.17) is 0 Å². The van der Waals surface area contributed by atoms with Crippen molar-refractivity contribution in [2.24, 2.45) is 11.8 Å². The average molecular weight is 261 g/mol. The van der Waals surface area contributed by atoms with E-state index in [1.165, 1.54) is 71.2 Å². The summed E-state index contributed by atoms with van der Waals surface area (Å²) in [5.41, 5.74) is 0. The maximum Gasteiger partial charge on any atom is 0.0107 e. The van der Waals surface area contributed by atoms with Gasteiger partial charge in [-0.1, -0.05) is 26.2 Å². The molecular weight excluding hydrogens is 232 g/mol. The van der Waals surface area contributed by atoms with Crippen LogP contribution in [0.1, 0.15) is 45.4 Å². The van der Waals surface area contributed by atoms with Crippen LogP contribution in [-0.2, 0) is 0 Å². The standard InChI is InChI=1S/C14H28N2.ClH/c1-13-4-2-5-14(12-13)6-10-16-9-3-7-15-8-11-16;/h13-15H,2-12H2,1H3;1H. The van der Waals surface area contributed by atoms with Crippen molar-refractivity contribution in [1.82, 2.24) is 10.2 Å². The number of hydrogen-bond donors (Lipinski definition) is 1. The van der Waals surface area contributed by atoms with E-state index in [9.17, 15) is 0 Å². The second-order valence-corrected chi connectivity index (χ2v) is 5.87. The van der Waals surface area contributed by atoms with Crippen LogP contribution in [0.2, 0.25) is 0 Å². The van der Waals surface area contributed by atoms with Crippen LogP contribution in [0.4, 0.5) is 0 Å². The molecule has 1 N–H and O–H groups in total. The van der Waals surface area contributed by atoms with Gasteiger partial charge in [0, 0.05) is 13.1 Å². The molecule has 0 radical (unpaired) electrons. The Morgan fingerprint density at radius 3 is 2.82 bits per heavy atom. The molecule has 0 aromatic rings. The van der Waals surface area contributed by atoms with Crippen LogP contribution in [0.15, 0.2) is 0 Å². The van der Waals surface area contributed by atoms with Gasteiger partial charge in [0.15, 0.2) is 0 Å². The summed E-state index contributed by atoms with van der Waals surface area (Å²) >= 11 is 0. The zero-order valence-corrected chi connectivity index (χ0v) is 12.1. The molecule has 2 aliphatic rings. The fourth-order valence-corrected chi connectivity index (χ4v) is 3.31. The summed E-state index contributed by atoms with van der Waals surface area (Å²) in [7, 11) is 0. The summed E-state index contributed by atoms with van der Waals surface area (Å²) in [6.07, 6.45) is 8.73. The van der Waals surface area contributed by atoms with Gasteiger partial charge in [-0.15, -0.1) is 12.4 Å². The lowest BCUT2D eigenvalue weighted by Crippen LogP contribution is -2.30. The van der Waals surface area contributed by atoms with Crippen molar-refractivity contribution in [2.75, 3.05) is 32.7 Å². The Bertz CT molecular complexity index is 189. The van der Waals surface area contributed by atoms with Gasteiger partial charge in [0.25, 0.3) is 0 Å². The molecule has 2 nitrogen and oxygen atoms in total. The van der Waals surface area contributed by atoms with Crippen LogP contribution in [0.5, 0.6) is 0 Å². The second-order valence-electron chi connectivity index (χ2n) is 5.87. The topological polar surface area (TPSA) is 15.3 Å². The van der Waals surface area contributed by atoms with E-state index in [2.05, 4.69) is 17.1 Å². The lowest BCUT2D eigenvalue weighted by atomic mass is 9.81. The summed E-state index contributed by atoms with van der Waals surface area (Å²) in [6.45, 7) is 8.77. The average Bonchev–Trinajstić information content (AvgIpc) is 2.55. The Morgan fingerprint density at radius 2 is 2.00 bits per heavy atom. The first kappa shape index (κ1) is 15.3. The van der Waals surface area contributed by atoms with E-state index < -0.39 is 0 Å². The highest BCUT2D eigenvalue weighted by Gasteiger charge is 2.19. The van der Waals surface area contributed by atoms with E-state index in [0.29, 0.717) is 0 Å². The van der Waals surface area contributed by atoms with Gasteiger partial charge in [-0.05, 0) is 50.7 Å². The van der Waals surface area contributed by atoms with Gasteiger partial charge in [-0.25, -0.2) is 0 Å². The predicted molar refractivity (Wildman–Crippen MR) is 76.9 cm³/mol. The molecule has 1 saturated carbocycles. The lowest BCUT2D eigenvalue weighted by molar-refractivity contribution is 0.218. The summed E-state index contributed by atoms with van der Waals surface area (Å²) < 4.78 is 0. The van der Waals surface area contributed by atoms with Gasteiger partial charge >= 0.3 is 0 Å². The minimum absolute atomic E-state index is 0. The highest BCUT2D eigenvalue weighted by molar-refractivity contribution is 5.85. The fraction of sp³-hybridized carbons (Fsp3) is 1.00. The van der Waals surface area contributed by atoms with Crippen LogP contribution < -0.4 is 5.32 Å². The van der Waals surface area contributed by atoms with Crippen molar-refractivity contribution in [3.63, 3.8) is 0 Å². The third-order valence-electron chi connectivity index (χ3n) is 4.33. The van der Waals surface area contributed by atoms with Crippen LogP contribution in [0.3, 0.4) is 0 Å². The molecule has 2 rings (SSSR count). The third-order valence-corrected chi connectivity index (χ3v) is 4.33. The van der Waals surface area contributed by atoms with E-state index in [-0.39, 0.29) is 12.4 Å². The molecule has 17 heavy (non-hydrogen) atoms. The maximum absolute atomic E-state index is 3.48. The van der Waals surface area contributed by atoms with E-state index >= 15 is 0 Å². The lowest BCUT2D eigenvalue weighted by Gasteiger charge is -2.29. The third kappa shape index (κ3) is 5.58. The van der Waals surface area contributed by atoms with Crippen LogP contribution in [-0.4, -0.2) is 37.6 Å². The zero-order chi connectivity index (χ0) is 11.2. The number of halogens is 1. The Balaban J connectivity index is 0.00000144. The molecule has 2 atom stereocenters. The molecule has 2 fully saturated rings. The Morgan fingerprint density at radius 1 is 1.12 bits per heavy atom. The molecule has 0 amide bonds. The van der Waals surface area contributed by atoms with E-state index in [1.54, 1.807) is 0 Å². The van der Waals surface area contributed by atoms with Crippen molar-refractivity contribution < 1.29 is 0 Å². The van der Waals surface area contributed by atoms with Gasteiger partial charge in [0.2, 0.25) is 0 Å². The summed E-state index contributed by atoms with van der Waals surface area (Å²) in [5, 5.41) is 3.48. The predicted octanol–water partition coefficient (Wildman–Crippen LogP) is 2.92. The number of nitrogens with zero attached hydrogens (tertiary/aromatic N) is 1. The summed E-state index contributed by atoms with van der Waals surface area (Å²) in [5.74, 6) is 2.02. The van der Waals surface area contributed by atoms with Gasteiger partial charge < -0.3 is 10.2 Å². The van der Waals surface area contributed by atoms with Crippen LogP contribution in [0.25, 0.3) is 0 Å². The van der Waals surface area contributed by atoms with Crippen molar-refractivity contribution in [1.29, 1.82) is 0 Å². The van der Waals surface area contributed by atoms with Gasteiger partial charge in [-0.3, -0.25) is 0 Å². The molecule has 0 spiro atoms. The largest absolute Gasteiger partial charge is 0.315 e. The Kier molecular flexibility index (Phi) is 7.49. The van der Waals surface area contributed by atoms with Crippen molar-refractivity contribution in [3.05, 3.63) is 0 Å². The first-order valence-electron chi connectivity index (χ1n) is 7.27. The number of nitrogens with one attached hydrogen (secondary N) is 1. The van der Waals surface area contributed by atoms with Crippen LogP contribution in [0, 0.1) is 11.8 Å². The SMILES string of the molecule is CC1CCCC(CCN2CCCNCC2)C1.Cl. The molecule has 1 aliphatic carbocycles. The molecule has 1 saturated heterocycles. The molecular formula is C14H29ClN2. The fourth-order valence-electron chi connectivity index (χ4n) is 3.31. The molecule has 0 aromatic carbocycles. The van der Waals surface area contributed by atoms with Gasteiger partial charge in [0.1, 0.15) is 0 Å². The maximum atomic E-state index is 3.48. The number of rotatable bonds is 3. The minimum atomic E-state index is 0. The molecule has 102 valence electrons. The molecule has 0 bridgehead atoms. The molecule has 0 aromatic heterocycles. The Hall–Kier alpha value is 0.210. The smallest absolute Gasteiger partial charge is 0.0107 e. The molecule has 1 aliphatic heterocycles. The molecule has 3 heteroatoms.